The highest BCUT2D eigenvalue weighted by molar-refractivity contribution is 9.10. The fourth-order valence-corrected chi connectivity index (χ4v) is 2.55. The number of methoxy groups -OCH3 is 3. The fraction of sp³-hybridized carbons (Fsp3) is 0.188. The first-order valence-electron chi connectivity index (χ1n) is 6.87. The van der Waals surface area contributed by atoms with E-state index in [1.807, 2.05) is 0 Å². The van der Waals surface area contributed by atoms with Crippen LogP contribution in [0.5, 0.6) is 23.0 Å². The van der Waals surface area contributed by atoms with Crippen LogP contribution in [-0.2, 0) is 0 Å². The quantitative estimate of drug-likeness (QED) is 0.310. The standard InChI is InChI=1S/C16H14BrNO7/c1-22-10-4-5-12(11(8-10)18(20)21)25-16(19)9-6-13(23-2)15(17)14(7-9)24-3/h4-8H,1-3H3. The van der Waals surface area contributed by atoms with Crippen molar-refractivity contribution in [3.05, 3.63) is 50.5 Å². The van der Waals surface area contributed by atoms with Crippen LogP contribution >= 0.6 is 15.9 Å². The maximum Gasteiger partial charge on any atom is 0.344 e. The first kappa shape index (κ1) is 18.5. The van der Waals surface area contributed by atoms with Crippen LogP contribution in [0.25, 0.3) is 0 Å². The van der Waals surface area contributed by atoms with Crippen LogP contribution in [0.15, 0.2) is 34.8 Å². The molecule has 8 nitrogen and oxygen atoms in total. The number of hydrogen-bond acceptors (Lipinski definition) is 7. The molecule has 0 atom stereocenters. The van der Waals surface area contributed by atoms with Gasteiger partial charge in [-0.05, 0) is 40.2 Å². The third-order valence-corrected chi connectivity index (χ3v) is 4.03. The topological polar surface area (TPSA) is 97.1 Å². The van der Waals surface area contributed by atoms with Crippen molar-refractivity contribution in [2.75, 3.05) is 21.3 Å². The molecule has 0 saturated heterocycles. The van der Waals surface area contributed by atoms with Crippen molar-refractivity contribution < 1.29 is 28.7 Å². The Morgan fingerprint density at radius 3 is 2.08 bits per heavy atom. The predicted octanol–water partition coefficient (Wildman–Crippen LogP) is 3.60. The lowest BCUT2D eigenvalue weighted by molar-refractivity contribution is -0.385. The highest BCUT2D eigenvalue weighted by atomic mass is 79.9. The monoisotopic (exact) mass is 411 g/mol. The van der Waals surface area contributed by atoms with Gasteiger partial charge in [0.25, 0.3) is 0 Å². The Kier molecular flexibility index (Phi) is 5.81. The third-order valence-electron chi connectivity index (χ3n) is 3.25. The molecule has 0 radical (unpaired) electrons. The summed E-state index contributed by atoms with van der Waals surface area (Å²) in [4.78, 5) is 22.9. The molecule has 0 N–H and O–H groups in total. The molecule has 2 aromatic rings. The van der Waals surface area contributed by atoms with Gasteiger partial charge in [0.2, 0.25) is 5.75 Å². The molecule has 25 heavy (non-hydrogen) atoms. The lowest BCUT2D eigenvalue weighted by Crippen LogP contribution is -2.10. The summed E-state index contributed by atoms with van der Waals surface area (Å²) in [6.45, 7) is 0. The zero-order chi connectivity index (χ0) is 18.6. The van der Waals surface area contributed by atoms with Gasteiger partial charge in [0.15, 0.2) is 0 Å². The second-order valence-corrected chi connectivity index (χ2v) is 5.47. The number of nitrogens with zero attached hydrogens (tertiary/aromatic N) is 1. The lowest BCUT2D eigenvalue weighted by atomic mass is 10.2. The minimum Gasteiger partial charge on any atom is -0.496 e. The van der Waals surface area contributed by atoms with E-state index in [4.69, 9.17) is 18.9 Å². The van der Waals surface area contributed by atoms with Crippen LogP contribution in [0.3, 0.4) is 0 Å². The van der Waals surface area contributed by atoms with Crippen LogP contribution in [0.1, 0.15) is 10.4 Å². The van der Waals surface area contributed by atoms with Crippen LogP contribution in [0, 0.1) is 10.1 Å². The third kappa shape index (κ3) is 4.00. The van der Waals surface area contributed by atoms with E-state index in [9.17, 15) is 14.9 Å². The van der Waals surface area contributed by atoms with E-state index in [-0.39, 0.29) is 22.7 Å². The summed E-state index contributed by atoms with van der Waals surface area (Å²) in [5.41, 5.74) is -0.272. The van der Waals surface area contributed by atoms with Gasteiger partial charge in [-0.2, -0.15) is 0 Å². The maximum absolute atomic E-state index is 12.4. The molecule has 0 spiro atoms. The molecule has 0 aromatic heterocycles. The Bertz CT molecular complexity index is 797. The molecule has 2 aromatic carbocycles. The number of rotatable bonds is 6. The average Bonchev–Trinajstić information content (AvgIpc) is 2.61. The van der Waals surface area contributed by atoms with E-state index in [1.54, 1.807) is 0 Å². The average molecular weight is 412 g/mol. The van der Waals surface area contributed by atoms with Crippen molar-refractivity contribution >= 4 is 27.6 Å². The van der Waals surface area contributed by atoms with Gasteiger partial charge in [-0.3, -0.25) is 10.1 Å². The molecule has 0 fully saturated rings. The zero-order valence-electron chi connectivity index (χ0n) is 13.6. The van der Waals surface area contributed by atoms with Gasteiger partial charge in [0.1, 0.15) is 21.7 Å². The molecule has 0 unspecified atom stereocenters. The van der Waals surface area contributed by atoms with E-state index in [0.717, 1.165) is 0 Å². The molecule has 0 saturated carbocycles. The minimum atomic E-state index is -0.794. The van der Waals surface area contributed by atoms with Gasteiger partial charge >= 0.3 is 11.7 Å². The van der Waals surface area contributed by atoms with Crippen molar-refractivity contribution in [3.63, 3.8) is 0 Å². The Hall–Kier alpha value is -2.81. The molecule has 2 rings (SSSR count). The van der Waals surface area contributed by atoms with E-state index in [0.29, 0.717) is 16.0 Å². The molecular formula is C16H14BrNO7. The molecule has 0 heterocycles. The molecule has 0 aliphatic rings. The summed E-state index contributed by atoms with van der Waals surface area (Å²) in [5, 5.41) is 11.2. The van der Waals surface area contributed by atoms with Crippen LogP contribution < -0.4 is 18.9 Å². The summed E-state index contributed by atoms with van der Waals surface area (Å²) < 4.78 is 21.0. The lowest BCUT2D eigenvalue weighted by Gasteiger charge is -2.11. The molecule has 0 bridgehead atoms. The summed E-state index contributed by atoms with van der Waals surface area (Å²) in [5.74, 6) is -0.00133. The van der Waals surface area contributed by atoms with E-state index in [1.165, 1.54) is 51.7 Å². The van der Waals surface area contributed by atoms with Gasteiger partial charge in [-0.15, -0.1) is 0 Å². The summed E-state index contributed by atoms with van der Waals surface area (Å²) in [6, 6.07) is 6.79. The fourth-order valence-electron chi connectivity index (χ4n) is 2.00. The van der Waals surface area contributed by atoms with Crippen molar-refractivity contribution in [1.82, 2.24) is 0 Å². The van der Waals surface area contributed by atoms with Crippen molar-refractivity contribution in [1.29, 1.82) is 0 Å². The molecule has 0 aliphatic heterocycles. The number of benzene rings is 2. The number of esters is 1. The second kappa shape index (κ2) is 7.84. The SMILES string of the molecule is COc1ccc(OC(=O)c2cc(OC)c(Br)c(OC)c2)c([N+](=O)[O-])c1. The van der Waals surface area contributed by atoms with Gasteiger partial charge in [-0.1, -0.05) is 0 Å². The first-order chi connectivity index (χ1) is 11.9. The highest BCUT2D eigenvalue weighted by Crippen LogP contribution is 2.37. The second-order valence-electron chi connectivity index (χ2n) is 4.68. The molecule has 9 heteroatoms. The van der Waals surface area contributed by atoms with E-state index < -0.39 is 10.9 Å². The van der Waals surface area contributed by atoms with Gasteiger partial charge in [0, 0.05) is 0 Å². The summed E-state index contributed by atoms with van der Waals surface area (Å²) >= 11 is 3.29. The van der Waals surface area contributed by atoms with E-state index >= 15 is 0 Å². The van der Waals surface area contributed by atoms with E-state index in [2.05, 4.69) is 15.9 Å². The zero-order valence-corrected chi connectivity index (χ0v) is 15.2. The normalized spacial score (nSPS) is 10.1. The predicted molar refractivity (Wildman–Crippen MR) is 91.9 cm³/mol. The minimum absolute atomic E-state index is 0.113. The van der Waals surface area contributed by atoms with Crippen LogP contribution in [0.4, 0.5) is 5.69 Å². The highest BCUT2D eigenvalue weighted by Gasteiger charge is 2.22. The number of carbonyl (C=O) groups excluding carboxylic acids is 1. The Morgan fingerprint density at radius 1 is 1.00 bits per heavy atom. The number of ether oxygens (including phenoxy) is 4. The largest absolute Gasteiger partial charge is 0.496 e. The molecule has 0 aliphatic carbocycles. The first-order valence-corrected chi connectivity index (χ1v) is 7.66. The van der Waals surface area contributed by atoms with Crippen molar-refractivity contribution in [2.24, 2.45) is 0 Å². The van der Waals surface area contributed by atoms with Crippen LogP contribution in [-0.4, -0.2) is 32.2 Å². The Balaban J connectivity index is 2.39. The molecule has 0 amide bonds. The summed E-state index contributed by atoms with van der Waals surface area (Å²) in [7, 11) is 4.25. The number of nitro groups is 1. The number of carbonyl (C=O) groups is 1. The van der Waals surface area contributed by atoms with Gasteiger partial charge < -0.3 is 18.9 Å². The summed E-state index contributed by atoms with van der Waals surface area (Å²) in [6.07, 6.45) is 0. The van der Waals surface area contributed by atoms with Gasteiger partial charge in [-0.25, -0.2) is 4.79 Å². The van der Waals surface area contributed by atoms with Gasteiger partial charge in [0.05, 0.1) is 37.9 Å². The Labute approximate surface area is 151 Å². The smallest absolute Gasteiger partial charge is 0.344 e. The van der Waals surface area contributed by atoms with Crippen molar-refractivity contribution in [3.8, 4) is 23.0 Å². The number of hydrogen-bond donors (Lipinski definition) is 0. The van der Waals surface area contributed by atoms with Crippen LogP contribution in [0.2, 0.25) is 0 Å². The van der Waals surface area contributed by atoms with Crippen molar-refractivity contribution in [2.45, 2.75) is 0 Å². The number of nitro benzene ring substituents is 1. The number of halogens is 1. The molecule has 132 valence electrons. The molecular weight excluding hydrogens is 398 g/mol. The maximum atomic E-state index is 12.4. The Morgan fingerprint density at radius 2 is 1.60 bits per heavy atom.